The van der Waals surface area contributed by atoms with Gasteiger partial charge in [-0.25, -0.2) is 0 Å². The average molecular weight is 406 g/mol. The molecule has 1 N–H and O–H groups in total. The van der Waals surface area contributed by atoms with E-state index in [1.54, 1.807) is 0 Å². The van der Waals surface area contributed by atoms with Crippen molar-refractivity contribution >= 4 is 23.7 Å². The zero-order valence-electron chi connectivity index (χ0n) is 12.5. The van der Waals surface area contributed by atoms with Crippen LogP contribution < -0.4 is 33.9 Å². The first-order valence-corrected chi connectivity index (χ1v) is 6.84. The van der Waals surface area contributed by atoms with Gasteiger partial charge in [0.1, 0.15) is 0 Å². The number of pyridine rings is 1. The maximum absolute atomic E-state index is 11.0. The number of nitrogens with one attached hydrogen (secondary N) is 1. The fourth-order valence-electron chi connectivity index (χ4n) is 2.01. The molecule has 2 aromatic rings. The molecule has 2 rings (SSSR count). The summed E-state index contributed by atoms with van der Waals surface area (Å²) in [6, 6.07) is 13.8. The highest BCUT2D eigenvalue weighted by Crippen LogP contribution is 2.11. The second-order valence-corrected chi connectivity index (χ2v) is 4.70. The van der Waals surface area contributed by atoms with Crippen LogP contribution in [0.15, 0.2) is 61.3 Å². The summed E-state index contributed by atoms with van der Waals surface area (Å²) in [5, 5.41) is 2.75. The minimum Gasteiger partial charge on any atom is -1.00 e. The smallest absolute Gasteiger partial charge is 0.221 e. The Hall–Kier alpha value is -1.95. The summed E-state index contributed by atoms with van der Waals surface area (Å²) in [5.74, 6) is -0.0620. The molecular weight excluding hydrogens is 387 g/mol. The second-order valence-electron chi connectivity index (χ2n) is 4.70. The van der Waals surface area contributed by atoms with Crippen LogP contribution in [-0.2, 0) is 11.3 Å². The lowest BCUT2D eigenvalue weighted by Crippen LogP contribution is -3.00. The van der Waals surface area contributed by atoms with Gasteiger partial charge in [0.05, 0.1) is 0 Å². The van der Waals surface area contributed by atoms with Gasteiger partial charge in [0.2, 0.25) is 11.6 Å². The molecule has 0 aliphatic heterocycles. The number of carbonyl (C=O) groups excluding carboxylic acids is 1. The Bertz CT molecular complexity index is 663. The van der Waals surface area contributed by atoms with Crippen LogP contribution in [0.25, 0.3) is 12.2 Å². The van der Waals surface area contributed by atoms with Crippen molar-refractivity contribution in [1.82, 2.24) is 0 Å². The molecule has 0 aliphatic rings. The molecule has 1 amide bonds. The van der Waals surface area contributed by atoms with Crippen molar-refractivity contribution in [2.24, 2.45) is 0 Å². The van der Waals surface area contributed by atoms with Crippen LogP contribution in [0.3, 0.4) is 0 Å². The van der Waals surface area contributed by atoms with E-state index < -0.39 is 0 Å². The third-order valence-electron chi connectivity index (χ3n) is 2.98. The Labute approximate surface area is 148 Å². The number of amides is 1. The molecule has 1 aromatic carbocycles. The minimum atomic E-state index is -0.0620. The van der Waals surface area contributed by atoms with Crippen LogP contribution in [-0.4, -0.2) is 5.91 Å². The zero-order valence-corrected chi connectivity index (χ0v) is 14.7. The van der Waals surface area contributed by atoms with E-state index >= 15 is 0 Å². The van der Waals surface area contributed by atoms with E-state index in [1.165, 1.54) is 6.92 Å². The highest BCUT2D eigenvalue weighted by molar-refractivity contribution is 5.88. The predicted octanol–water partition coefficient (Wildman–Crippen LogP) is 0.293. The van der Waals surface area contributed by atoms with Crippen molar-refractivity contribution < 1.29 is 33.3 Å². The standard InChI is InChI=1S/C18H18N2O.HI/c1-3-13-20-14-5-4-6-18(20)12-9-16-7-10-17(11-8-16)19-15(2)21;/h3-12,14H,1,13H2,2H3;1H. The monoisotopic (exact) mass is 406 g/mol. The number of aromatic nitrogens is 1. The van der Waals surface area contributed by atoms with Crippen molar-refractivity contribution in [2.75, 3.05) is 5.32 Å². The Kier molecular flexibility index (Phi) is 7.52. The summed E-state index contributed by atoms with van der Waals surface area (Å²) in [5.41, 5.74) is 3.00. The van der Waals surface area contributed by atoms with E-state index in [0.717, 1.165) is 23.5 Å². The average Bonchev–Trinajstić information content (AvgIpc) is 2.48. The lowest BCUT2D eigenvalue weighted by atomic mass is 10.1. The van der Waals surface area contributed by atoms with Crippen LogP contribution in [0.5, 0.6) is 0 Å². The van der Waals surface area contributed by atoms with Crippen LogP contribution in [0, 0.1) is 0 Å². The summed E-state index contributed by atoms with van der Waals surface area (Å²) in [4.78, 5) is 11.0. The van der Waals surface area contributed by atoms with Crippen LogP contribution in [0.1, 0.15) is 18.2 Å². The summed E-state index contributed by atoms with van der Waals surface area (Å²) in [6.07, 6.45) is 8.02. The molecule has 0 spiro atoms. The van der Waals surface area contributed by atoms with E-state index in [9.17, 15) is 4.79 Å². The van der Waals surface area contributed by atoms with E-state index in [-0.39, 0.29) is 29.9 Å². The van der Waals surface area contributed by atoms with E-state index in [2.05, 4.69) is 28.6 Å². The first-order valence-electron chi connectivity index (χ1n) is 6.84. The van der Waals surface area contributed by atoms with Crippen LogP contribution >= 0.6 is 0 Å². The van der Waals surface area contributed by atoms with Gasteiger partial charge in [-0.1, -0.05) is 18.7 Å². The molecule has 3 nitrogen and oxygen atoms in total. The number of nitrogens with zero attached hydrogens (tertiary/aromatic N) is 1. The Morgan fingerprint density at radius 3 is 2.55 bits per heavy atom. The number of rotatable bonds is 5. The SMILES string of the molecule is C=CC[n+]1ccccc1/C=C/c1ccc(NC(C)=O)cc1.[I-]. The maximum Gasteiger partial charge on any atom is 0.221 e. The van der Waals surface area contributed by atoms with Gasteiger partial charge in [0.25, 0.3) is 0 Å². The van der Waals surface area contributed by atoms with Crippen molar-refractivity contribution in [2.45, 2.75) is 13.5 Å². The largest absolute Gasteiger partial charge is 1.00 e. The number of benzene rings is 1. The number of carbonyl (C=O) groups is 1. The van der Waals surface area contributed by atoms with E-state index in [1.807, 2.05) is 54.7 Å². The van der Waals surface area contributed by atoms with E-state index in [4.69, 9.17) is 0 Å². The summed E-state index contributed by atoms with van der Waals surface area (Å²) in [7, 11) is 0. The van der Waals surface area contributed by atoms with E-state index in [0.29, 0.717) is 0 Å². The minimum absolute atomic E-state index is 0. The second kappa shape index (κ2) is 9.15. The topological polar surface area (TPSA) is 33.0 Å². The molecule has 114 valence electrons. The molecule has 0 saturated carbocycles. The van der Waals surface area contributed by atoms with Crippen LogP contribution in [0.2, 0.25) is 0 Å². The molecule has 0 unspecified atom stereocenters. The van der Waals surface area contributed by atoms with Crippen molar-refractivity contribution in [1.29, 1.82) is 0 Å². The fourth-order valence-corrected chi connectivity index (χ4v) is 2.01. The number of hydrogen-bond donors (Lipinski definition) is 1. The molecular formula is C18H19IN2O. The summed E-state index contributed by atoms with van der Waals surface area (Å²) >= 11 is 0. The van der Waals surface area contributed by atoms with Gasteiger partial charge in [-0.3, -0.25) is 4.79 Å². The quantitative estimate of drug-likeness (QED) is 0.433. The van der Waals surface area contributed by atoms with Crippen molar-refractivity contribution in [3.05, 3.63) is 72.6 Å². The molecule has 0 saturated heterocycles. The highest BCUT2D eigenvalue weighted by Gasteiger charge is 2.03. The molecule has 0 atom stereocenters. The Morgan fingerprint density at radius 1 is 1.18 bits per heavy atom. The normalized spacial score (nSPS) is 10.0. The summed E-state index contributed by atoms with van der Waals surface area (Å²) < 4.78 is 2.12. The number of halogens is 1. The van der Waals surface area contributed by atoms with Crippen molar-refractivity contribution in [3.8, 4) is 0 Å². The van der Waals surface area contributed by atoms with Gasteiger partial charge >= 0.3 is 0 Å². The van der Waals surface area contributed by atoms with Gasteiger partial charge in [-0.2, -0.15) is 4.57 Å². The molecule has 0 bridgehead atoms. The lowest BCUT2D eigenvalue weighted by Gasteiger charge is -2.01. The summed E-state index contributed by atoms with van der Waals surface area (Å²) in [6.45, 7) is 6.05. The maximum atomic E-state index is 11.0. The first-order chi connectivity index (χ1) is 10.2. The molecule has 1 heterocycles. The molecule has 0 radical (unpaired) electrons. The zero-order chi connectivity index (χ0) is 15.1. The number of hydrogen-bond acceptors (Lipinski definition) is 1. The van der Waals surface area contributed by atoms with Gasteiger partial charge < -0.3 is 29.3 Å². The number of anilines is 1. The van der Waals surface area contributed by atoms with Gasteiger partial charge in [0.15, 0.2) is 12.7 Å². The Morgan fingerprint density at radius 2 is 1.91 bits per heavy atom. The Balaban J connectivity index is 0.00000242. The van der Waals surface area contributed by atoms with Crippen LogP contribution in [0.4, 0.5) is 5.69 Å². The first kappa shape index (κ1) is 18.1. The van der Waals surface area contributed by atoms with Gasteiger partial charge in [-0.15, -0.1) is 0 Å². The van der Waals surface area contributed by atoms with Gasteiger partial charge in [-0.05, 0) is 35.9 Å². The van der Waals surface area contributed by atoms with Crippen molar-refractivity contribution in [3.63, 3.8) is 0 Å². The number of allylic oxidation sites excluding steroid dienone is 1. The fraction of sp³-hybridized carbons (Fsp3) is 0.111. The predicted molar refractivity (Wildman–Crippen MR) is 86.5 cm³/mol. The molecule has 1 aromatic heterocycles. The van der Waals surface area contributed by atoms with Gasteiger partial charge in [0, 0.05) is 30.8 Å². The lowest BCUT2D eigenvalue weighted by molar-refractivity contribution is -0.688. The molecule has 0 aliphatic carbocycles. The molecule has 22 heavy (non-hydrogen) atoms. The third kappa shape index (κ3) is 5.44. The molecule has 4 heteroatoms. The molecule has 0 fully saturated rings. The highest BCUT2D eigenvalue weighted by atomic mass is 127. The third-order valence-corrected chi connectivity index (χ3v) is 2.98.